The Bertz CT molecular complexity index is 1310. The first-order chi connectivity index (χ1) is 17.5. The highest BCUT2D eigenvalue weighted by molar-refractivity contribution is 6.00. The number of unbranched alkanes of at least 4 members (excludes halogenated alkanes) is 1. The molecule has 0 aliphatic rings. The summed E-state index contributed by atoms with van der Waals surface area (Å²) in [7, 11) is 0. The van der Waals surface area contributed by atoms with Crippen LogP contribution in [0.1, 0.15) is 39.2 Å². The van der Waals surface area contributed by atoms with Crippen LogP contribution in [-0.2, 0) is 6.18 Å². The molecule has 0 spiro atoms. The fraction of sp³-hybridized carbons (Fsp3) is 0.308. The normalized spacial score (nSPS) is 11.4. The maximum absolute atomic E-state index is 14.7. The monoisotopic (exact) mass is 521 g/mol. The number of pyridine rings is 1. The highest BCUT2D eigenvalue weighted by atomic mass is 19.4. The van der Waals surface area contributed by atoms with E-state index in [-0.39, 0.29) is 22.9 Å². The summed E-state index contributed by atoms with van der Waals surface area (Å²) in [4.78, 5) is 26.9. The van der Waals surface area contributed by atoms with E-state index in [0.717, 1.165) is 31.0 Å². The first kappa shape index (κ1) is 27.6. The van der Waals surface area contributed by atoms with Crippen molar-refractivity contribution in [2.45, 2.75) is 45.9 Å². The lowest BCUT2D eigenvalue weighted by molar-refractivity contribution is -0.139. The second-order valence-corrected chi connectivity index (χ2v) is 8.43. The largest absolute Gasteiger partial charge is 0.490 e. The zero-order chi connectivity index (χ0) is 27.2. The van der Waals surface area contributed by atoms with Crippen molar-refractivity contribution in [3.8, 4) is 22.6 Å². The van der Waals surface area contributed by atoms with Gasteiger partial charge in [0.25, 0.3) is 5.56 Å². The summed E-state index contributed by atoms with van der Waals surface area (Å²) in [6.45, 7) is 5.54. The van der Waals surface area contributed by atoms with Crippen LogP contribution in [0.15, 0.2) is 53.5 Å². The van der Waals surface area contributed by atoms with Crippen molar-refractivity contribution in [2.75, 3.05) is 17.2 Å². The third-order valence-electron chi connectivity index (χ3n) is 5.08. The molecule has 3 N–H and O–H groups in total. The molecule has 0 atom stereocenters. The van der Waals surface area contributed by atoms with Crippen LogP contribution in [-0.4, -0.2) is 23.7 Å². The number of ether oxygens (including phenoxy) is 2. The van der Waals surface area contributed by atoms with Gasteiger partial charge in [-0.3, -0.25) is 4.79 Å². The van der Waals surface area contributed by atoms with Gasteiger partial charge in [-0.15, -0.1) is 0 Å². The number of aromatic nitrogens is 1. The van der Waals surface area contributed by atoms with Crippen LogP contribution < -0.4 is 25.7 Å². The third-order valence-corrected chi connectivity index (χ3v) is 5.08. The molecule has 0 fully saturated rings. The standard InChI is InChI=1S/C26H27F4N3O4/c1-4-5-10-36-23-12-17(14-31-24(23)34)16-6-8-21(20(27)11-16)33-25(35)32-18-7-9-22(37-15(2)3)19(13-18)26(28,29)30/h6-9,11-15H,4-5,10H2,1-3H3,(H,31,34)(H2,32,33,35). The maximum atomic E-state index is 14.7. The van der Waals surface area contributed by atoms with Gasteiger partial charge in [0.1, 0.15) is 11.6 Å². The minimum Gasteiger partial charge on any atom is -0.490 e. The molecule has 7 nitrogen and oxygen atoms in total. The number of urea groups is 1. The molecule has 3 aromatic rings. The number of amides is 2. The Kier molecular flexibility index (Phi) is 8.80. The SMILES string of the molecule is CCCCOc1cc(-c2ccc(NC(=O)Nc3ccc(OC(C)C)c(C(F)(F)F)c3)c(F)c2)c[nH]c1=O. The van der Waals surface area contributed by atoms with Crippen LogP contribution in [0.2, 0.25) is 0 Å². The average Bonchev–Trinajstić information content (AvgIpc) is 2.81. The number of carbonyl (C=O) groups is 1. The molecule has 0 aliphatic heterocycles. The molecule has 0 radical (unpaired) electrons. The van der Waals surface area contributed by atoms with E-state index >= 15 is 0 Å². The van der Waals surface area contributed by atoms with Gasteiger partial charge in [0.2, 0.25) is 0 Å². The van der Waals surface area contributed by atoms with Crippen molar-refractivity contribution in [2.24, 2.45) is 0 Å². The number of anilines is 2. The van der Waals surface area contributed by atoms with Crippen molar-refractivity contribution in [3.63, 3.8) is 0 Å². The average molecular weight is 522 g/mol. The quantitative estimate of drug-likeness (QED) is 0.213. The molecule has 1 aromatic heterocycles. The zero-order valence-corrected chi connectivity index (χ0v) is 20.5. The van der Waals surface area contributed by atoms with Crippen molar-refractivity contribution >= 4 is 17.4 Å². The van der Waals surface area contributed by atoms with Gasteiger partial charge >= 0.3 is 12.2 Å². The van der Waals surface area contributed by atoms with Gasteiger partial charge in [0, 0.05) is 17.4 Å². The van der Waals surface area contributed by atoms with E-state index in [9.17, 15) is 27.2 Å². The lowest BCUT2D eigenvalue weighted by Crippen LogP contribution is -2.21. The Labute approximate surface area is 210 Å². The first-order valence-electron chi connectivity index (χ1n) is 11.6. The van der Waals surface area contributed by atoms with Crippen LogP contribution in [0.4, 0.5) is 33.7 Å². The van der Waals surface area contributed by atoms with E-state index in [4.69, 9.17) is 9.47 Å². The zero-order valence-electron chi connectivity index (χ0n) is 20.5. The summed E-state index contributed by atoms with van der Waals surface area (Å²) in [5.74, 6) is -1.05. The number of hydrogen-bond acceptors (Lipinski definition) is 4. The molecular formula is C26H27F4N3O4. The fourth-order valence-electron chi connectivity index (χ4n) is 3.33. The molecule has 0 saturated heterocycles. The summed E-state index contributed by atoms with van der Waals surface area (Å²) in [6.07, 6.45) is -2.11. The molecule has 0 unspecified atom stereocenters. The van der Waals surface area contributed by atoms with E-state index in [1.807, 2.05) is 6.92 Å². The number of rotatable bonds is 9. The number of H-pyrrole nitrogens is 1. The predicted molar refractivity (Wildman–Crippen MR) is 133 cm³/mol. The lowest BCUT2D eigenvalue weighted by Gasteiger charge is -2.17. The maximum Gasteiger partial charge on any atom is 0.420 e. The van der Waals surface area contributed by atoms with Gasteiger partial charge in [0.05, 0.1) is 24.0 Å². The molecule has 0 saturated carbocycles. The van der Waals surface area contributed by atoms with Crippen LogP contribution in [0.25, 0.3) is 11.1 Å². The van der Waals surface area contributed by atoms with Gasteiger partial charge in [-0.2, -0.15) is 13.2 Å². The number of halogens is 4. The van der Waals surface area contributed by atoms with E-state index in [0.29, 0.717) is 17.7 Å². The molecule has 11 heteroatoms. The van der Waals surface area contributed by atoms with E-state index in [1.54, 1.807) is 13.8 Å². The lowest BCUT2D eigenvalue weighted by atomic mass is 10.1. The van der Waals surface area contributed by atoms with E-state index in [2.05, 4.69) is 15.6 Å². The minimum atomic E-state index is -4.71. The molecular weight excluding hydrogens is 494 g/mol. The van der Waals surface area contributed by atoms with Crippen LogP contribution in [0, 0.1) is 5.82 Å². The highest BCUT2D eigenvalue weighted by Gasteiger charge is 2.35. The molecule has 198 valence electrons. The second kappa shape index (κ2) is 11.8. The van der Waals surface area contributed by atoms with Gasteiger partial charge in [-0.05, 0) is 62.2 Å². The van der Waals surface area contributed by atoms with E-state index in [1.165, 1.54) is 30.5 Å². The smallest absolute Gasteiger partial charge is 0.420 e. The fourth-order valence-corrected chi connectivity index (χ4v) is 3.33. The second-order valence-electron chi connectivity index (χ2n) is 8.43. The van der Waals surface area contributed by atoms with Crippen molar-refractivity contribution in [1.29, 1.82) is 0 Å². The van der Waals surface area contributed by atoms with Crippen LogP contribution in [0.3, 0.4) is 0 Å². The topological polar surface area (TPSA) is 92.4 Å². The molecule has 0 aliphatic carbocycles. The van der Waals surface area contributed by atoms with Gasteiger partial charge in [-0.1, -0.05) is 19.4 Å². The Morgan fingerprint density at radius 3 is 2.43 bits per heavy atom. The Hall–Kier alpha value is -4.02. The Morgan fingerprint density at radius 2 is 1.78 bits per heavy atom. The molecule has 37 heavy (non-hydrogen) atoms. The Balaban J connectivity index is 1.74. The molecule has 3 rings (SSSR count). The number of alkyl halides is 3. The number of hydrogen-bond donors (Lipinski definition) is 3. The highest BCUT2D eigenvalue weighted by Crippen LogP contribution is 2.38. The van der Waals surface area contributed by atoms with Gasteiger partial charge < -0.3 is 25.1 Å². The summed E-state index contributed by atoms with van der Waals surface area (Å²) < 4.78 is 65.7. The van der Waals surface area contributed by atoms with Crippen molar-refractivity contribution in [1.82, 2.24) is 4.98 Å². The van der Waals surface area contributed by atoms with Crippen molar-refractivity contribution in [3.05, 3.63) is 70.4 Å². The summed E-state index contributed by atoms with van der Waals surface area (Å²) >= 11 is 0. The van der Waals surface area contributed by atoms with E-state index < -0.39 is 35.3 Å². The number of nitrogens with one attached hydrogen (secondary N) is 3. The number of benzene rings is 2. The molecule has 0 bridgehead atoms. The summed E-state index contributed by atoms with van der Waals surface area (Å²) in [5, 5.41) is 4.54. The minimum absolute atomic E-state index is 0.107. The van der Waals surface area contributed by atoms with Gasteiger partial charge in [0.15, 0.2) is 5.75 Å². The summed E-state index contributed by atoms with van der Waals surface area (Å²) in [5.41, 5.74) is -0.899. The third kappa shape index (κ3) is 7.48. The van der Waals surface area contributed by atoms with Gasteiger partial charge in [-0.25, -0.2) is 9.18 Å². The number of aromatic amines is 1. The molecule has 2 amide bonds. The van der Waals surface area contributed by atoms with Crippen molar-refractivity contribution < 1.29 is 31.8 Å². The van der Waals surface area contributed by atoms with Crippen LogP contribution in [0.5, 0.6) is 11.5 Å². The molecule has 1 heterocycles. The Morgan fingerprint density at radius 1 is 1.03 bits per heavy atom. The van der Waals surface area contributed by atoms with Crippen LogP contribution >= 0.6 is 0 Å². The summed E-state index contributed by atoms with van der Waals surface area (Å²) in [6, 6.07) is 7.63. The predicted octanol–water partition coefficient (Wildman–Crippen LogP) is 6.81. The molecule has 2 aromatic carbocycles. The first-order valence-corrected chi connectivity index (χ1v) is 11.6. The number of carbonyl (C=O) groups excluding carboxylic acids is 1.